The quantitative estimate of drug-likeness (QED) is 0.474. The third kappa shape index (κ3) is 0.337. The maximum atomic E-state index is 5.16. The Morgan fingerprint density at radius 3 is 3.00 bits per heavy atom. The van der Waals surface area contributed by atoms with Gasteiger partial charge in [0.25, 0.3) is 0 Å². The second-order valence-corrected chi connectivity index (χ2v) is 1.01. The van der Waals surface area contributed by atoms with Gasteiger partial charge in [-0.25, -0.2) is 0 Å². The van der Waals surface area contributed by atoms with Crippen LogP contribution in [0.25, 0.3) is 0 Å². The molecule has 0 bridgehead atoms. The van der Waals surface area contributed by atoms with Gasteiger partial charge in [0.15, 0.2) is 0 Å². The van der Waals surface area contributed by atoms with Gasteiger partial charge in [-0.2, -0.15) is 5.10 Å². The Bertz CT molecular complexity index is 114. The summed E-state index contributed by atoms with van der Waals surface area (Å²) < 4.78 is 0. The monoisotopic (exact) mass is 85.1 g/mol. The van der Waals surface area contributed by atoms with Crippen LogP contribution in [-0.2, 0) is 0 Å². The Morgan fingerprint density at radius 1 is 2.00 bits per heavy atom. The van der Waals surface area contributed by atoms with Crippen LogP contribution < -0.4 is 5.73 Å². The fourth-order valence-electron chi connectivity index (χ4n) is 0.267. The van der Waals surface area contributed by atoms with Gasteiger partial charge in [-0.1, -0.05) is 0 Å². The zero-order valence-corrected chi connectivity index (χ0v) is 3.18. The van der Waals surface area contributed by atoms with Gasteiger partial charge in [-0.05, 0) is 6.07 Å². The lowest BCUT2D eigenvalue weighted by molar-refractivity contribution is 1.10. The molecule has 0 saturated carbocycles. The van der Waals surface area contributed by atoms with E-state index in [0.717, 1.165) is 0 Å². The zero-order chi connectivity index (χ0) is 4.41. The SMILES string of the molecule is Nc1ccn[nH]1.[HH]. The molecule has 6 heavy (non-hydrogen) atoms. The van der Waals surface area contributed by atoms with Crippen LogP contribution >= 0.6 is 0 Å². The van der Waals surface area contributed by atoms with Crippen molar-refractivity contribution in [3.8, 4) is 0 Å². The molecule has 1 aromatic rings. The summed E-state index contributed by atoms with van der Waals surface area (Å²) in [6, 6.07) is 1.69. The summed E-state index contributed by atoms with van der Waals surface area (Å²) in [5, 5.41) is 6.10. The van der Waals surface area contributed by atoms with E-state index in [4.69, 9.17) is 5.73 Å². The first kappa shape index (κ1) is 3.21. The molecule has 0 aromatic carbocycles. The highest BCUT2D eigenvalue weighted by Gasteiger charge is 1.74. The van der Waals surface area contributed by atoms with Gasteiger partial charge in [-0.3, -0.25) is 5.10 Å². The van der Waals surface area contributed by atoms with Crippen molar-refractivity contribution < 1.29 is 1.43 Å². The van der Waals surface area contributed by atoms with Gasteiger partial charge in [0, 0.05) is 1.43 Å². The predicted molar refractivity (Wildman–Crippen MR) is 25.1 cm³/mol. The van der Waals surface area contributed by atoms with Gasteiger partial charge in [0.05, 0.1) is 6.20 Å². The van der Waals surface area contributed by atoms with E-state index >= 15 is 0 Å². The number of anilines is 1. The summed E-state index contributed by atoms with van der Waals surface area (Å²) in [4.78, 5) is 0. The van der Waals surface area contributed by atoms with Crippen LogP contribution in [0.4, 0.5) is 5.82 Å². The second kappa shape index (κ2) is 1.01. The zero-order valence-electron chi connectivity index (χ0n) is 3.18. The molecule has 34 valence electrons. The molecule has 0 aliphatic rings. The fourth-order valence-corrected chi connectivity index (χ4v) is 0.267. The predicted octanol–water partition coefficient (Wildman–Crippen LogP) is 0.238. The molecular weight excluding hydrogens is 78.1 g/mol. The average Bonchev–Trinajstić information content (AvgIpc) is 1.86. The molecular formula is C3H7N3. The van der Waals surface area contributed by atoms with E-state index in [1.807, 2.05) is 0 Å². The molecule has 0 aliphatic heterocycles. The number of H-pyrrole nitrogens is 1. The van der Waals surface area contributed by atoms with Crippen molar-refractivity contribution in [1.29, 1.82) is 0 Å². The van der Waals surface area contributed by atoms with Crippen molar-refractivity contribution >= 4 is 5.82 Å². The number of hydrogen-bond acceptors (Lipinski definition) is 2. The Balaban J connectivity index is 0.000000360. The summed E-state index contributed by atoms with van der Waals surface area (Å²) in [5.41, 5.74) is 5.16. The number of hydrogen-bond donors (Lipinski definition) is 2. The van der Waals surface area contributed by atoms with E-state index in [1.54, 1.807) is 12.3 Å². The third-order valence-electron chi connectivity index (χ3n) is 0.522. The molecule has 0 spiro atoms. The molecule has 0 fully saturated rings. The highest BCUT2D eigenvalue weighted by atomic mass is 15.1. The van der Waals surface area contributed by atoms with Gasteiger partial charge >= 0.3 is 0 Å². The number of nitrogens with two attached hydrogens (primary N) is 1. The number of aromatic nitrogens is 2. The number of nitrogens with one attached hydrogen (secondary N) is 1. The van der Waals surface area contributed by atoms with Crippen molar-refractivity contribution in [1.82, 2.24) is 10.2 Å². The molecule has 0 amide bonds. The topological polar surface area (TPSA) is 54.7 Å². The largest absolute Gasteiger partial charge is 0.384 e. The molecule has 0 saturated heterocycles. The van der Waals surface area contributed by atoms with Crippen LogP contribution in [0.3, 0.4) is 0 Å². The van der Waals surface area contributed by atoms with Crippen molar-refractivity contribution in [2.75, 3.05) is 5.73 Å². The van der Waals surface area contributed by atoms with Crippen LogP contribution in [0, 0.1) is 0 Å². The number of rotatable bonds is 0. The van der Waals surface area contributed by atoms with E-state index in [-0.39, 0.29) is 1.43 Å². The lowest BCUT2D eigenvalue weighted by atomic mass is 10.7. The van der Waals surface area contributed by atoms with E-state index < -0.39 is 0 Å². The van der Waals surface area contributed by atoms with Crippen LogP contribution in [0.2, 0.25) is 0 Å². The maximum Gasteiger partial charge on any atom is 0.118 e. The molecule has 3 nitrogen and oxygen atoms in total. The molecule has 3 N–H and O–H groups in total. The second-order valence-electron chi connectivity index (χ2n) is 1.01. The summed E-state index contributed by atoms with van der Waals surface area (Å²) in [7, 11) is 0. The first-order valence-corrected chi connectivity index (χ1v) is 1.64. The smallest absolute Gasteiger partial charge is 0.118 e. The number of nitrogen functional groups attached to an aromatic ring is 1. The normalized spacial score (nSPS) is 8.67. The van der Waals surface area contributed by atoms with E-state index in [0.29, 0.717) is 5.82 Å². The molecule has 0 radical (unpaired) electrons. The van der Waals surface area contributed by atoms with Gasteiger partial charge in [0.1, 0.15) is 5.82 Å². The number of nitrogens with zero attached hydrogens (tertiary/aromatic N) is 1. The van der Waals surface area contributed by atoms with Crippen molar-refractivity contribution in [3.05, 3.63) is 12.3 Å². The minimum atomic E-state index is 0. The van der Waals surface area contributed by atoms with Crippen molar-refractivity contribution in [2.45, 2.75) is 0 Å². The summed E-state index contributed by atoms with van der Waals surface area (Å²) >= 11 is 0. The van der Waals surface area contributed by atoms with Crippen LogP contribution in [-0.4, -0.2) is 10.2 Å². The highest BCUT2D eigenvalue weighted by Crippen LogP contribution is 1.86. The molecule has 3 heteroatoms. The van der Waals surface area contributed by atoms with Crippen molar-refractivity contribution in [2.24, 2.45) is 0 Å². The molecule has 1 rings (SSSR count). The van der Waals surface area contributed by atoms with Gasteiger partial charge in [0.2, 0.25) is 0 Å². The minimum absolute atomic E-state index is 0. The Kier molecular flexibility index (Phi) is 0.538. The standard InChI is InChI=1S/C3H5N3.H2/c4-3-1-2-5-6-3;/h1-2H,(H3,4,5,6);1H. The van der Waals surface area contributed by atoms with E-state index in [2.05, 4.69) is 10.2 Å². The van der Waals surface area contributed by atoms with Crippen molar-refractivity contribution in [3.63, 3.8) is 0 Å². The molecule has 1 aromatic heterocycles. The summed E-state index contributed by atoms with van der Waals surface area (Å²) in [5.74, 6) is 0.606. The first-order valence-electron chi connectivity index (χ1n) is 1.64. The molecule has 0 unspecified atom stereocenters. The Hall–Kier alpha value is -0.990. The Labute approximate surface area is 36.7 Å². The van der Waals surface area contributed by atoms with Gasteiger partial charge in [-0.15, -0.1) is 0 Å². The van der Waals surface area contributed by atoms with Gasteiger partial charge < -0.3 is 5.73 Å². The molecule has 1 heterocycles. The lowest BCUT2D eigenvalue weighted by Crippen LogP contribution is -1.81. The third-order valence-corrected chi connectivity index (χ3v) is 0.522. The van der Waals surface area contributed by atoms with E-state index in [9.17, 15) is 0 Å². The summed E-state index contributed by atoms with van der Waals surface area (Å²) in [6.45, 7) is 0. The first-order chi connectivity index (χ1) is 2.89. The minimum Gasteiger partial charge on any atom is -0.384 e. The highest BCUT2D eigenvalue weighted by molar-refractivity contribution is 5.22. The fraction of sp³-hybridized carbons (Fsp3) is 0. The average molecular weight is 85.1 g/mol. The van der Waals surface area contributed by atoms with Crippen LogP contribution in [0.1, 0.15) is 1.43 Å². The maximum absolute atomic E-state index is 5.16. The summed E-state index contributed by atoms with van der Waals surface area (Å²) in [6.07, 6.45) is 1.61. The Morgan fingerprint density at radius 2 is 2.83 bits per heavy atom. The molecule has 0 atom stereocenters. The lowest BCUT2D eigenvalue weighted by Gasteiger charge is -1.70. The number of aromatic amines is 1. The van der Waals surface area contributed by atoms with Crippen LogP contribution in [0.5, 0.6) is 0 Å². The molecule has 0 aliphatic carbocycles. The van der Waals surface area contributed by atoms with Crippen LogP contribution in [0.15, 0.2) is 12.3 Å². The van der Waals surface area contributed by atoms with E-state index in [1.165, 1.54) is 0 Å².